The number of methoxy groups -OCH3 is 1. The Morgan fingerprint density at radius 2 is 1.70 bits per heavy atom. The molecule has 23 heavy (non-hydrogen) atoms. The molecule has 0 saturated carbocycles. The zero-order valence-corrected chi connectivity index (χ0v) is 14.0. The van der Waals surface area contributed by atoms with E-state index in [1.807, 2.05) is 42.5 Å². The third-order valence-electron chi connectivity index (χ3n) is 3.39. The Balaban J connectivity index is 1.82. The Bertz CT molecular complexity index is 656. The van der Waals surface area contributed by atoms with Crippen LogP contribution in [0.15, 0.2) is 54.6 Å². The molecule has 0 bridgehead atoms. The normalized spacial score (nSPS) is 10.2. The number of ether oxygens (including phenoxy) is 1. The highest BCUT2D eigenvalue weighted by molar-refractivity contribution is 7.99. The molecule has 0 aliphatic rings. The summed E-state index contributed by atoms with van der Waals surface area (Å²) in [6.45, 7) is 0. The van der Waals surface area contributed by atoms with E-state index < -0.39 is 0 Å². The Morgan fingerprint density at radius 1 is 1.04 bits per heavy atom. The highest BCUT2D eigenvalue weighted by atomic mass is 32.2. The average molecular weight is 329 g/mol. The van der Waals surface area contributed by atoms with Crippen molar-refractivity contribution in [3.05, 3.63) is 65.7 Å². The highest BCUT2D eigenvalue weighted by Gasteiger charge is 2.10. The van der Waals surface area contributed by atoms with Gasteiger partial charge in [0, 0.05) is 18.5 Å². The van der Waals surface area contributed by atoms with Gasteiger partial charge < -0.3 is 9.64 Å². The van der Waals surface area contributed by atoms with E-state index in [1.165, 1.54) is 7.11 Å². The minimum absolute atomic E-state index is 0.0624. The molecule has 0 radical (unpaired) electrons. The molecule has 120 valence electrons. The molecular formula is C18H19NO3S. The number of hydrogen-bond acceptors (Lipinski definition) is 4. The van der Waals surface area contributed by atoms with Crippen LogP contribution < -0.4 is 4.90 Å². The molecular weight excluding hydrogens is 310 g/mol. The van der Waals surface area contributed by atoms with Gasteiger partial charge in [-0.1, -0.05) is 30.3 Å². The number of hydrogen-bond donors (Lipinski definition) is 0. The molecule has 0 fully saturated rings. The topological polar surface area (TPSA) is 46.6 Å². The fraction of sp³-hybridized carbons (Fsp3) is 0.222. The summed E-state index contributed by atoms with van der Waals surface area (Å²) in [4.78, 5) is 25.2. The smallest absolute Gasteiger partial charge is 0.337 e. The van der Waals surface area contributed by atoms with E-state index in [-0.39, 0.29) is 11.9 Å². The summed E-state index contributed by atoms with van der Waals surface area (Å²) in [7, 11) is 3.14. The van der Waals surface area contributed by atoms with Crippen LogP contribution in [0.3, 0.4) is 0 Å². The minimum atomic E-state index is -0.344. The fourth-order valence-electron chi connectivity index (χ4n) is 2.00. The van der Waals surface area contributed by atoms with Crippen LogP contribution in [0, 0.1) is 0 Å². The summed E-state index contributed by atoms with van der Waals surface area (Å²) in [5.41, 5.74) is 2.49. The molecule has 2 rings (SSSR count). The first-order valence-electron chi connectivity index (χ1n) is 7.18. The molecule has 0 N–H and O–H groups in total. The van der Waals surface area contributed by atoms with Crippen molar-refractivity contribution in [1.29, 1.82) is 0 Å². The summed E-state index contributed by atoms with van der Waals surface area (Å²) >= 11 is 1.55. The fourth-order valence-corrected chi connectivity index (χ4v) is 2.90. The van der Waals surface area contributed by atoms with Gasteiger partial charge in [-0.3, -0.25) is 4.79 Å². The second-order valence-corrected chi connectivity index (χ2v) is 5.96. The van der Waals surface area contributed by atoms with Gasteiger partial charge >= 0.3 is 5.97 Å². The predicted molar refractivity (Wildman–Crippen MR) is 93.8 cm³/mol. The maximum absolute atomic E-state index is 12.2. The molecule has 0 spiro atoms. The summed E-state index contributed by atoms with van der Waals surface area (Å²) in [5, 5.41) is 0. The van der Waals surface area contributed by atoms with Crippen molar-refractivity contribution in [2.45, 2.75) is 5.75 Å². The number of anilines is 1. The van der Waals surface area contributed by atoms with Gasteiger partial charge in [0.05, 0.1) is 18.4 Å². The number of amides is 1. The van der Waals surface area contributed by atoms with E-state index in [1.54, 1.807) is 35.8 Å². The van der Waals surface area contributed by atoms with Gasteiger partial charge in [-0.05, 0) is 29.8 Å². The molecule has 4 nitrogen and oxygen atoms in total. The van der Waals surface area contributed by atoms with Crippen LogP contribution in [0.4, 0.5) is 5.69 Å². The first-order valence-corrected chi connectivity index (χ1v) is 8.34. The lowest BCUT2D eigenvalue weighted by atomic mass is 10.1. The predicted octanol–water partition coefficient (Wildman–Crippen LogP) is 3.37. The standard InChI is InChI=1S/C18H19NO3S/c1-19(16-6-4-3-5-7-16)17(20)13-23-12-14-8-10-15(11-9-14)18(21)22-2/h3-11H,12-13H2,1-2H3. The molecule has 2 aromatic carbocycles. The monoisotopic (exact) mass is 329 g/mol. The van der Waals surface area contributed by atoms with E-state index in [2.05, 4.69) is 4.74 Å². The molecule has 0 aliphatic carbocycles. The quantitative estimate of drug-likeness (QED) is 0.762. The molecule has 0 aliphatic heterocycles. The molecule has 0 atom stereocenters. The summed E-state index contributed by atoms with van der Waals surface area (Å²) in [6.07, 6.45) is 0. The minimum Gasteiger partial charge on any atom is -0.465 e. The van der Waals surface area contributed by atoms with Crippen LogP contribution in [-0.2, 0) is 15.3 Å². The maximum Gasteiger partial charge on any atom is 0.337 e. The molecule has 2 aromatic rings. The molecule has 0 heterocycles. The summed E-state index contributed by atoms with van der Waals surface area (Å²) in [6, 6.07) is 16.8. The van der Waals surface area contributed by atoms with Gasteiger partial charge in [-0.2, -0.15) is 0 Å². The van der Waals surface area contributed by atoms with E-state index in [0.29, 0.717) is 11.3 Å². The summed E-state index contributed by atoms with van der Waals surface area (Å²) in [5.74, 6) is 0.844. The van der Waals surface area contributed by atoms with Crippen molar-refractivity contribution >= 4 is 29.3 Å². The maximum atomic E-state index is 12.2. The Morgan fingerprint density at radius 3 is 2.30 bits per heavy atom. The lowest BCUT2D eigenvalue weighted by Gasteiger charge is -2.16. The third-order valence-corrected chi connectivity index (χ3v) is 4.38. The van der Waals surface area contributed by atoms with Crippen molar-refractivity contribution < 1.29 is 14.3 Å². The van der Waals surface area contributed by atoms with Crippen molar-refractivity contribution in [2.75, 3.05) is 24.8 Å². The number of rotatable bonds is 6. The van der Waals surface area contributed by atoms with Crippen molar-refractivity contribution in [1.82, 2.24) is 0 Å². The van der Waals surface area contributed by atoms with Gasteiger partial charge in [0.2, 0.25) is 5.91 Å². The number of esters is 1. The Hall–Kier alpha value is -2.27. The van der Waals surface area contributed by atoms with Gasteiger partial charge in [0.25, 0.3) is 0 Å². The number of carbonyl (C=O) groups excluding carboxylic acids is 2. The van der Waals surface area contributed by atoms with Crippen LogP contribution >= 0.6 is 11.8 Å². The highest BCUT2D eigenvalue weighted by Crippen LogP contribution is 2.16. The SMILES string of the molecule is COC(=O)c1ccc(CSCC(=O)N(C)c2ccccc2)cc1. The molecule has 0 aromatic heterocycles. The van der Waals surface area contributed by atoms with Crippen LogP contribution in [0.2, 0.25) is 0 Å². The first-order chi connectivity index (χ1) is 11.1. The molecule has 5 heteroatoms. The van der Waals surface area contributed by atoms with Gasteiger partial charge in [-0.25, -0.2) is 4.79 Å². The molecule has 0 unspecified atom stereocenters. The Kier molecular flexibility index (Phi) is 6.23. The van der Waals surface area contributed by atoms with Crippen LogP contribution in [0.25, 0.3) is 0 Å². The van der Waals surface area contributed by atoms with E-state index in [9.17, 15) is 9.59 Å². The Labute approximate surface area is 140 Å². The van der Waals surface area contributed by atoms with E-state index in [0.717, 1.165) is 17.0 Å². The largest absolute Gasteiger partial charge is 0.465 e. The van der Waals surface area contributed by atoms with Crippen LogP contribution in [0.1, 0.15) is 15.9 Å². The lowest BCUT2D eigenvalue weighted by Crippen LogP contribution is -2.27. The van der Waals surface area contributed by atoms with Crippen LogP contribution in [0.5, 0.6) is 0 Å². The third kappa shape index (κ3) is 4.86. The van der Waals surface area contributed by atoms with Crippen molar-refractivity contribution in [2.24, 2.45) is 0 Å². The van der Waals surface area contributed by atoms with Gasteiger partial charge in [0.15, 0.2) is 0 Å². The van der Waals surface area contributed by atoms with Gasteiger partial charge in [0.1, 0.15) is 0 Å². The van der Waals surface area contributed by atoms with Gasteiger partial charge in [-0.15, -0.1) is 11.8 Å². The van der Waals surface area contributed by atoms with Crippen molar-refractivity contribution in [3.63, 3.8) is 0 Å². The molecule has 0 saturated heterocycles. The number of benzene rings is 2. The van der Waals surface area contributed by atoms with E-state index in [4.69, 9.17) is 0 Å². The summed E-state index contributed by atoms with van der Waals surface area (Å²) < 4.78 is 4.66. The number of thioether (sulfide) groups is 1. The zero-order chi connectivity index (χ0) is 16.7. The number of carbonyl (C=O) groups is 2. The molecule has 1 amide bonds. The zero-order valence-electron chi connectivity index (χ0n) is 13.2. The van der Waals surface area contributed by atoms with Crippen molar-refractivity contribution in [3.8, 4) is 0 Å². The van der Waals surface area contributed by atoms with E-state index >= 15 is 0 Å². The lowest BCUT2D eigenvalue weighted by molar-refractivity contribution is -0.115. The van der Waals surface area contributed by atoms with Crippen LogP contribution in [-0.4, -0.2) is 31.8 Å². The first kappa shape index (κ1) is 17.1. The average Bonchev–Trinajstić information content (AvgIpc) is 2.61. The second-order valence-electron chi connectivity index (χ2n) is 4.97. The second kappa shape index (κ2) is 8.39. The number of nitrogens with zero attached hydrogens (tertiary/aromatic N) is 1. The number of para-hydroxylation sites is 1.